The molecule has 0 aliphatic carbocycles. The summed E-state index contributed by atoms with van der Waals surface area (Å²) in [6.45, 7) is 2.10. The van der Waals surface area contributed by atoms with E-state index in [4.69, 9.17) is 30.6 Å². The second-order valence-electron chi connectivity index (χ2n) is 10.5. The number of aliphatic hydroxyl groups excluding tert-OH is 1. The monoisotopic (exact) mass is 619 g/mol. The predicted molar refractivity (Wildman–Crippen MR) is 162 cm³/mol. The Balaban J connectivity index is 0.000000302. The molecule has 0 aliphatic rings. The number of carboxylic acid groups (broad SMARTS) is 3. The van der Waals surface area contributed by atoms with Crippen molar-refractivity contribution in [3.63, 3.8) is 0 Å². The molecule has 0 aliphatic heterocycles. The number of nitrogens with two attached hydrogens (primary N) is 1. The van der Waals surface area contributed by atoms with Crippen LogP contribution in [-0.4, -0.2) is 81.1 Å². The molecule has 3 heterocycles. The summed E-state index contributed by atoms with van der Waals surface area (Å²) in [5.74, 6) is -3.93. The van der Waals surface area contributed by atoms with Gasteiger partial charge >= 0.3 is 17.9 Å². The molecule has 14 heteroatoms. The highest BCUT2D eigenvalue weighted by Crippen LogP contribution is 2.29. The van der Waals surface area contributed by atoms with Crippen LogP contribution in [0.5, 0.6) is 0 Å². The molecule has 0 amide bonds. The Morgan fingerprint density at radius 3 is 1.91 bits per heavy atom. The van der Waals surface area contributed by atoms with Crippen molar-refractivity contribution in [3.8, 4) is 0 Å². The van der Waals surface area contributed by atoms with Crippen LogP contribution in [0.3, 0.4) is 0 Å². The Kier molecular flexibility index (Phi) is 10.5. The van der Waals surface area contributed by atoms with Crippen molar-refractivity contribution in [3.05, 3.63) is 90.6 Å². The molecule has 5 aromatic rings. The van der Waals surface area contributed by atoms with E-state index in [2.05, 4.69) is 55.8 Å². The summed E-state index contributed by atoms with van der Waals surface area (Å²) < 4.78 is 7.74. The summed E-state index contributed by atoms with van der Waals surface area (Å²) in [6.07, 6.45) is 2.23. The second kappa shape index (κ2) is 14.4. The van der Waals surface area contributed by atoms with Crippen LogP contribution in [0.15, 0.2) is 83.7 Å². The first-order chi connectivity index (χ1) is 21.4. The molecule has 3 aromatic heterocycles. The minimum atomic E-state index is -2.74. The molecule has 1 atom stereocenters. The fraction of sp³-hybridized carbons (Fsp3) is 0.258. The van der Waals surface area contributed by atoms with E-state index < -0.39 is 42.5 Å². The summed E-state index contributed by atoms with van der Waals surface area (Å²) in [5, 5.41) is 47.3. The van der Waals surface area contributed by atoms with E-state index in [1.54, 1.807) is 18.7 Å². The van der Waals surface area contributed by atoms with E-state index in [1.807, 2.05) is 24.3 Å². The molecule has 45 heavy (non-hydrogen) atoms. The second-order valence-corrected chi connectivity index (χ2v) is 10.5. The number of carbonyl (C=O) groups is 3. The van der Waals surface area contributed by atoms with Gasteiger partial charge < -0.3 is 40.3 Å². The molecule has 0 fully saturated rings. The van der Waals surface area contributed by atoms with Gasteiger partial charge in [0.25, 0.3) is 0 Å². The number of rotatable bonds is 13. The number of aliphatic hydroxyl groups is 2. The fourth-order valence-corrected chi connectivity index (χ4v) is 4.99. The van der Waals surface area contributed by atoms with Gasteiger partial charge in [-0.1, -0.05) is 36.4 Å². The van der Waals surface area contributed by atoms with Gasteiger partial charge in [-0.2, -0.15) is 0 Å². The van der Waals surface area contributed by atoms with Gasteiger partial charge in [0, 0.05) is 52.9 Å². The molecule has 0 saturated carbocycles. The summed E-state index contributed by atoms with van der Waals surface area (Å²) in [6, 6.07) is 20.5. The molecular formula is C31H33N5O9. The van der Waals surface area contributed by atoms with Gasteiger partial charge in [0.05, 0.1) is 38.3 Å². The van der Waals surface area contributed by atoms with E-state index in [0.29, 0.717) is 26.2 Å². The lowest BCUT2D eigenvalue weighted by atomic mass is 9.96. The van der Waals surface area contributed by atoms with E-state index >= 15 is 0 Å². The molecule has 0 saturated heterocycles. The number of furan rings is 1. The zero-order valence-electron chi connectivity index (χ0n) is 24.1. The highest BCUT2D eigenvalue weighted by molar-refractivity contribution is 6.07. The molecule has 2 aromatic carbocycles. The normalized spacial score (nSPS) is 12.2. The van der Waals surface area contributed by atoms with Crippen LogP contribution in [0, 0.1) is 0 Å². The molecule has 14 nitrogen and oxygen atoms in total. The van der Waals surface area contributed by atoms with Crippen molar-refractivity contribution in [1.29, 1.82) is 0 Å². The molecule has 1 unspecified atom stereocenters. The Morgan fingerprint density at radius 1 is 0.867 bits per heavy atom. The molecule has 7 N–H and O–H groups in total. The minimum Gasteiger partial charge on any atom is -0.481 e. The predicted octanol–water partition coefficient (Wildman–Crippen LogP) is 2.57. The van der Waals surface area contributed by atoms with Crippen LogP contribution >= 0.6 is 0 Å². The summed E-state index contributed by atoms with van der Waals surface area (Å²) in [4.78, 5) is 40.8. The summed E-state index contributed by atoms with van der Waals surface area (Å²) in [5.41, 5.74) is 6.05. The van der Waals surface area contributed by atoms with Crippen LogP contribution < -0.4 is 5.73 Å². The highest BCUT2D eigenvalue weighted by Gasteiger charge is 2.40. The van der Waals surface area contributed by atoms with E-state index in [9.17, 15) is 19.5 Å². The minimum absolute atomic E-state index is 0.248. The average molecular weight is 620 g/mol. The summed E-state index contributed by atoms with van der Waals surface area (Å²) >= 11 is 0. The number of aliphatic carboxylic acids is 3. The topological polar surface area (TPSA) is 225 Å². The van der Waals surface area contributed by atoms with E-state index in [0.717, 1.165) is 22.4 Å². The number of benzene rings is 2. The number of para-hydroxylation sites is 2. The number of nitrogens with zero attached hydrogens (tertiary/aromatic N) is 4. The van der Waals surface area contributed by atoms with Crippen molar-refractivity contribution in [1.82, 2.24) is 19.4 Å². The fourth-order valence-electron chi connectivity index (χ4n) is 4.99. The maximum absolute atomic E-state index is 11.1. The number of hydrogen-bond donors (Lipinski definition) is 6. The Hall–Kier alpha value is -5.31. The van der Waals surface area contributed by atoms with Crippen LogP contribution in [0.1, 0.15) is 24.2 Å². The Bertz CT molecular complexity index is 1680. The third-order valence-electron chi connectivity index (χ3n) is 6.92. The molecule has 5 rings (SSSR count). The van der Waals surface area contributed by atoms with Crippen molar-refractivity contribution in [2.75, 3.05) is 12.3 Å². The highest BCUT2D eigenvalue weighted by atomic mass is 16.4. The third-order valence-corrected chi connectivity index (χ3v) is 6.92. The number of nitrogen functional groups attached to an aromatic ring is 1. The first kappa shape index (κ1) is 32.6. The van der Waals surface area contributed by atoms with Crippen LogP contribution in [-0.2, 0) is 34.0 Å². The SMILES string of the molecule is Nc1ncc(CN(Cc2ccco2)CC(O)Cn2c3ccccc3c3ccccc32)cn1.O=C(O)CC(O)(CC(=O)O)C(=O)O. The largest absolute Gasteiger partial charge is 0.481 e. The molecular weight excluding hydrogens is 586 g/mol. The Labute approximate surface area is 256 Å². The number of fused-ring (bicyclic) bond motifs is 3. The van der Waals surface area contributed by atoms with Crippen LogP contribution in [0.2, 0.25) is 0 Å². The van der Waals surface area contributed by atoms with Crippen molar-refractivity contribution < 1.29 is 44.3 Å². The van der Waals surface area contributed by atoms with Crippen LogP contribution in [0.4, 0.5) is 5.95 Å². The molecule has 0 radical (unpaired) electrons. The van der Waals surface area contributed by atoms with E-state index in [1.165, 1.54) is 10.8 Å². The molecule has 0 spiro atoms. The van der Waals surface area contributed by atoms with Crippen molar-refractivity contribution in [2.24, 2.45) is 0 Å². The lowest BCUT2D eigenvalue weighted by molar-refractivity contribution is -0.170. The average Bonchev–Trinajstić information content (AvgIpc) is 3.60. The van der Waals surface area contributed by atoms with Gasteiger partial charge in [0.2, 0.25) is 5.95 Å². The van der Waals surface area contributed by atoms with Gasteiger partial charge in [0.1, 0.15) is 5.76 Å². The van der Waals surface area contributed by atoms with Gasteiger partial charge in [-0.15, -0.1) is 0 Å². The first-order valence-corrected chi connectivity index (χ1v) is 13.8. The van der Waals surface area contributed by atoms with Crippen LogP contribution in [0.25, 0.3) is 21.8 Å². The van der Waals surface area contributed by atoms with Gasteiger partial charge in [0.15, 0.2) is 5.60 Å². The number of carboxylic acids is 3. The zero-order valence-corrected chi connectivity index (χ0v) is 24.1. The smallest absolute Gasteiger partial charge is 0.336 e. The standard InChI is InChI=1S/C25H25N5O2.C6H8O7/c26-25-27-12-18(13-28-25)14-29(17-20-6-5-11-32-20)15-19(31)16-30-23-9-3-1-7-21(23)22-8-2-4-10-24(22)30;7-3(8)1-6(13,5(11)12)2-4(9)10/h1-13,19,31H,14-17H2,(H2,26,27,28);13H,1-2H2,(H,7,8)(H,9,10)(H,11,12). The maximum Gasteiger partial charge on any atom is 0.336 e. The van der Waals surface area contributed by atoms with E-state index in [-0.39, 0.29) is 5.95 Å². The van der Waals surface area contributed by atoms with Gasteiger partial charge in [-0.3, -0.25) is 14.5 Å². The van der Waals surface area contributed by atoms with Gasteiger partial charge in [-0.25, -0.2) is 14.8 Å². The quantitative estimate of drug-likeness (QED) is 0.112. The number of anilines is 1. The first-order valence-electron chi connectivity index (χ1n) is 13.8. The lowest BCUT2D eigenvalue weighted by Gasteiger charge is -2.25. The maximum atomic E-state index is 11.1. The Morgan fingerprint density at radius 2 is 1.42 bits per heavy atom. The lowest BCUT2D eigenvalue weighted by Crippen LogP contribution is -2.42. The van der Waals surface area contributed by atoms with Crippen molar-refractivity contribution >= 4 is 45.7 Å². The number of hydrogen-bond acceptors (Lipinski definition) is 10. The van der Waals surface area contributed by atoms with Crippen molar-refractivity contribution in [2.45, 2.75) is 44.2 Å². The van der Waals surface area contributed by atoms with Gasteiger partial charge in [-0.05, 0) is 24.3 Å². The summed E-state index contributed by atoms with van der Waals surface area (Å²) in [7, 11) is 0. The zero-order chi connectivity index (χ0) is 32.6. The third kappa shape index (κ3) is 8.63. The molecule has 0 bridgehead atoms. The number of aromatic nitrogens is 3. The molecule has 236 valence electrons.